The lowest BCUT2D eigenvalue weighted by atomic mass is 10.2. The lowest BCUT2D eigenvalue weighted by Gasteiger charge is -2.04. The molecule has 0 aromatic carbocycles. The third kappa shape index (κ3) is 1.15. The zero-order valence-corrected chi connectivity index (χ0v) is 7.42. The number of rotatable bonds is 0. The molecule has 2 aromatic rings. The predicted octanol–water partition coefficient (Wildman–Crippen LogP) is 1.45. The van der Waals surface area contributed by atoms with Crippen molar-refractivity contribution in [3.8, 4) is 0 Å². The van der Waals surface area contributed by atoms with Crippen molar-refractivity contribution >= 4 is 34.0 Å². The van der Waals surface area contributed by atoms with Gasteiger partial charge in [-0.25, -0.2) is 9.97 Å². The highest BCUT2D eigenvalue weighted by Crippen LogP contribution is 2.29. The first-order valence-corrected chi connectivity index (χ1v) is 4.03. The largest absolute Gasteiger partial charge is 0.396 e. The number of anilines is 2. The molecule has 13 heavy (non-hydrogen) atoms. The molecule has 2 heterocycles. The van der Waals surface area contributed by atoms with Crippen LogP contribution in [-0.4, -0.2) is 9.97 Å². The summed E-state index contributed by atoms with van der Waals surface area (Å²) in [7, 11) is 0. The molecule has 0 saturated carbocycles. The van der Waals surface area contributed by atoms with E-state index in [-0.39, 0.29) is 5.15 Å². The van der Waals surface area contributed by atoms with Crippen LogP contribution in [0, 0.1) is 0 Å². The molecule has 0 radical (unpaired) electrons. The summed E-state index contributed by atoms with van der Waals surface area (Å²) in [6, 6.07) is 3.57. The second-order valence-corrected chi connectivity index (χ2v) is 2.96. The number of aromatic nitrogens is 2. The van der Waals surface area contributed by atoms with Crippen molar-refractivity contribution in [3.05, 3.63) is 23.5 Å². The minimum Gasteiger partial charge on any atom is -0.396 e. The van der Waals surface area contributed by atoms with E-state index in [0.717, 1.165) is 5.39 Å². The third-order valence-corrected chi connectivity index (χ3v) is 2.08. The Hall–Kier alpha value is -1.55. The van der Waals surface area contributed by atoms with Crippen LogP contribution in [0.2, 0.25) is 5.15 Å². The number of nitrogens with two attached hydrogens (primary N) is 2. The number of fused-ring (bicyclic) bond motifs is 1. The van der Waals surface area contributed by atoms with Crippen LogP contribution in [0.15, 0.2) is 18.3 Å². The maximum Gasteiger partial charge on any atom is 0.163 e. The van der Waals surface area contributed by atoms with Gasteiger partial charge >= 0.3 is 0 Å². The van der Waals surface area contributed by atoms with Crippen LogP contribution in [-0.2, 0) is 0 Å². The Morgan fingerprint density at radius 3 is 2.77 bits per heavy atom. The highest BCUT2D eigenvalue weighted by atomic mass is 35.5. The molecule has 2 aromatic heterocycles. The van der Waals surface area contributed by atoms with Gasteiger partial charge in [-0.2, -0.15) is 0 Å². The maximum atomic E-state index is 5.74. The summed E-state index contributed by atoms with van der Waals surface area (Å²) in [5, 5.41) is 0.924. The van der Waals surface area contributed by atoms with Crippen LogP contribution in [0.4, 0.5) is 11.4 Å². The van der Waals surface area contributed by atoms with Crippen LogP contribution in [0.1, 0.15) is 0 Å². The Morgan fingerprint density at radius 1 is 1.23 bits per heavy atom. The first-order valence-electron chi connectivity index (χ1n) is 3.65. The fraction of sp³-hybridized carbons (Fsp3) is 0. The number of hydrogen-bond donors (Lipinski definition) is 2. The molecule has 0 saturated heterocycles. The SMILES string of the molecule is Nc1c(Cl)nc2ncccc2c1N. The van der Waals surface area contributed by atoms with Gasteiger partial charge in [-0.1, -0.05) is 11.6 Å². The van der Waals surface area contributed by atoms with E-state index in [2.05, 4.69) is 9.97 Å². The second kappa shape index (κ2) is 2.74. The summed E-state index contributed by atoms with van der Waals surface area (Å²) >= 11 is 5.74. The highest BCUT2D eigenvalue weighted by molar-refractivity contribution is 6.33. The Morgan fingerprint density at radius 2 is 2.00 bits per heavy atom. The lowest BCUT2D eigenvalue weighted by molar-refractivity contribution is 1.29. The smallest absolute Gasteiger partial charge is 0.163 e. The minimum absolute atomic E-state index is 0.198. The van der Waals surface area contributed by atoms with Crippen LogP contribution in [0.3, 0.4) is 0 Å². The molecule has 0 atom stereocenters. The molecule has 0 aliphatic heterocycles. The average Bonchev–Trinajstić information content (AvgIpc) is 2.15. The summed E-state index contributed by atoms with van der Waals surface area (Å²) in [5.74, 6) is 0. The van der Waals surface area contributed by atoms with Crippen molar-refractivity contribution in [2.75, 3.05) is 11.5 Å². The Balaban J connectivity index is 2.94. The van der Waals surface area contributed by atoms with Gasteiger partial charge in [-0.3, -0.25) is 0 Å². The predicted molar refractivity (Wildman–Crippen MR) is 53.4 cm³/mol. The standard InChI is InChI=1S/C8H7ClN4/c9-7-6(11)5(10)4-2-1-3-12-8(4)13-7/h1-3H,11H2,(H2,10,12,13). The van der Waals surface area contributed by atoms with Crippen molar-refractivity contribution in [3.63, 3.8) is 0 Å². The van der Waals surface area contributed by atoms with E-state index in [1.54, 1.807) is 18.3 Å². The van der Waals surface area contributed by atoms with Crippen LogP contribution < -0.4 is 11.5 Å². The first kappa shape index (κ1) is 8.07. The molecule has 0 unspecified atom stereocenters. The summed E-state index contributed by atoms with van der Waals surface area (Å²) in [4.78, 5) is 8.00. The van der Waals surface area contributed by atoms with Crippen molar-refractivity contribution in [1.82, 2.24) is 9.97 Å². The molecule has 0 fully saturated rings. The van der Waals surface area contributed by atoms with Crippen LogP contribution in [0.25, 0.3) is 11.0 Å². The van der Waals surface area contributed by atoms with E-state index in [1.165, 1.54) is 0 Å². The zero-order chi connectivity index (χ0) is 9.42. The van der Waals surface area contributed by atoms with Crippen molar-refractivity contribution in [1.29, 1.82) is 0 Å². The molecule has 4 nitrogen and oxygen atoms in total. The number of pyridine rings is 2. The molecule has 2 rings (SSSR count). The molecule has 0 aliphatic rings. The molecular formula is C8H7ClN4. The normalized spacial score (nSPS) is 10.5. The van der Waals surface area contributed by atoms with E-state index < -0.39 is 0 Å². The van der Waals surface area contributed by atoms with E-state index in [0.29, 0.717) is 17.0 Å². The summed E-state index contributed by atoms with van der Waals surface area (Å²) in [6.07, 6.45) is 1.63. The number of halogens is 1. The maximum absolute atomic E-state index is 5.74. The van der Waals surface area contributed by atoms with Gasteiger partial charge in [0.25, 0.3) is 0 Å². The molecule has 4 N–H and O–H groups in total. The van der Waals surface area contributed by atoms with Crippen molar-refractivity contribution in [2.45, 2.75) is 0 Å². The second-order valence-electron chi connectivity index (χ2n) is 2.60. The average molecular weight is 195 g/mol. The van der Waals surface area contributed by atoms with Gasteiger partial charge in [0.1, 0.15) is 0 Å². The van der Waals surface area contributed by atoms with E-state index in [1.807, 2.05) is 0 Å². The molecule has 66 valence electrons. The molecule has 0 aliphatic carbocycles. The quantitative estimate of drug-likeness (QED) is 0.623. The topological polar surface area (TPSA) is 77.8 Å². The minimum atomic E-state index is 0.198. The van der Waals surface area contributed by atoms with Gasteiger partial charge in [0.2, 0.25) is 0 Å². The van der Waals surface area contributed by atoms with Gasteiger partial charge in [0.15, 0.2) is 10.8 Å². The number of nitrogen functional groups attached to an aromatic ring is 2. The van der Waals surface area contributed by atoms with Gasteiger partial charge in [0.05, 0.1) is 11.4 Å². The van der Waals surface area contributed by atoms with Crippen molar-refractivity contribution < 1.29 is 0 Å². The van der Waals surface area contributed by atoms with Crippen LogP contribution >= 0.6 is 11.6 Å². The number of hydrogen-bond acceptors (Lipinski definition) is 4. The fourth-order valence-corrected chi connectivity index (χ4v) is 1.29. The third-order valence-electron chi connectivity index (χ3n) is 1.79. The molecule has 5 heteroatoms. The highest BCUT2D eigenvalue weighted by Gasteiger charge is 2.07. The molecule has 0 spiro atoms. The van der Waals surface area contributed by atoms with Crippen molar-refractivity contribution in [2.24, 2.45) is 0 Å². The van der Waals surface area contributed by atoms with Crippen LogP contribution in [0.5, 0.6) is 0 Å². The molecule has 0 bridgehead atoms. The first-order chi connectivity index (χ1) is 6.20. The van der Waals surface area contributed by atoms with E-state index in [9.17, 15) is 0 Å². The summed E-state index contributed by atoms with van der Waals surface area (Å²) < 4.78 is 0. The van der Waals surface area contributed by atoms with E-state index in [4.69, 9.17) is 23.1 Å². The zero-order valence-electron chi connectivity index (χ0n) is 6.66. The van der Waals surface area contributed by atoms with Gasteiger partial charge in [0, 0.05) is 11.6 Å². The van der Waals surface area contributed by atoms with Gasteiger partial charge < -0.3 is 11.5 Å². The Labute approximate surface area is 79.5 Å². The Bertz CT molecular complexity index is 469. The summed E-state index contributed by atoms with van der Waals surface area (Å²) in [5.41, 5.74) is 12.6. The fourth-order valence-electron chi connectivity index (χ4n) is 1.11. The Kier molecular flexibility index (Phi) is 1.70. The lowest BCUT2D eigenvalue weighted by Crippen LogP contribution is -1.99. The molecule has 0 amide bonds. The van der Waals surface area contributed by atoms with E-state index >= 15 is 0 Å². The monoisotopic (exact) mass is 194 g/mol. The molecular weight excluding hydrogens is 188 g/mol. The summed E-state index contributed by atoms with van der Waals surface area (Å²) in [6.45, 7) is 0. The van der Waals surface area contributed by atoms with Gasteiger partial charge in [-0.15, -0.1) is 0 Å². The van der Waals surface area contributed by atoms with Gasteiger partial charge in [-0.05, 0) is 12.1 Å². The number of nitrogens with zero attached hydrogens (tertiary/aromatic N) is 2.